The minimum absolute atomic E-state index is 0.202. The maximum absolute atomic E-state index is 13.6. The van der Waals surface area contributed by atoms with Gasteiger partial charge in [0, 0.05) is 29.8 Å². The number of para-hydroxylation sites is 1. The summed E-state index contributed by atoms with van der Waals surface area (Å²) >= 11 is 0. The van der Waals surface area contributed by atoms with E-state index in [1.165, 1.54) is 0 Å². The van der Waals surface area contributed by atoms with Gasteiger partial charge in [0.05, 0.1) is 14.2 Å². The molecule has 1 aliphatic heterocycles. The third-order valence-corrected chi connectivity index (χ3v) is 5.93. The lowest BCUT2D eigenvalue weighted by Gasteiger charge is -2.44. The van der Waals surface area contributed by atoms with Crippen LogP contribution in [-0.2, 0) is 17.8 Å². The number of nitrogens with one attached hydrogen (secondary N) is 1. The lowest BCUT2D eigenvalue weighted by atomic mass is 9.82. The van der Waals surface area contributed by atoms with Crippen LogP contribution in [0, 0.1) is 0 Å². The van der Waals surface area contributed by atoms with Gasteiger partial charge in [-0.1, -0.05) is 36.4 Å². The van der Waals surface area contributed by atoms with Gasteiger partial charge < -0.3 is 14.8 Å². The van der Waals surface area contributed by atoms with Crippen molar-refractivity contribution in [2.75, 3.05) is 19.1 Å². The SMILES string of the molecule is COc1ccc(N2C(=O)c3ccccc3C[C@]2(C)C(=O)NCc2ccccc2OC)cc1. The third-order valence-electron chi connectivity index (χ3n) is 5.93. The average Bonchev–Trinajstić information content (AvgIpc) is 2.83. The highest BCUT2D eigenvalue weighted by Gasteiger charge is 2.47. The van der Waals surface area contributed by atoms with Gasteiger partial charge in [0.25, 0.3) is 5.91 Å². The van der Waals surface area contributed by atoms with Crippen molar-refractivity contribution in [3.8, 4) is 11.5 Å². The highest BCUT2D eigenvalue weighted by Crippen LogP contribution is 2.36. The molecule has 6 nitrogen and oxygen atoms in total. The van der Waals surface area contributed by atoms with Gasteiger partial charge in [0.15, 0.2) is 0 Å². The molecule has 1 atom stereocenters. The molecule has 0 spiro atoms. The van der Waals surface area contributed by atoms with E-state index in [-0.39, 0.29) is 11.8 Å². The number of hydrogen-bond donors (Lipinski definition) is 1. The van der Waals surface area contributed by atoms with Gasteiger partial charge in [0.2, 0.25) is 5.91 Å². The molecular formula is C26H26N2O4. The zero-order chi connectivity index (χ0) is 22.7. The minimum atomic E-state index is -1.11. The number of carbonyl (C=O) groups is 2. The Hall–Kier alpha value is -3.80. The summed E-state index contributed by atoms with van der Waals surface area (Å²) in [4.78, 5) is 28.7. The van der Waals surface area contributed by atoms with Crippen molar-refractivity contribution in [3.05, 3.63) is 89.5 Å². The quantitative estimate of drug-likeness (QED) is 0.642. The fourth-order valence-electron chi connectivity index (χ4n) is 4.21. The predicted molar refractivity (Wildman–Crippen MR) is 123 cm³/mol. The van der Waals surface area contributed by atoms with Crippen LogP contribution in [0.25, 0.3) is 0 Å². The smallest absolute Gasteiger partial charge is 0.259 e. The Morgan fingerprint density at radius 2 is 1.66 bits per heavy atom. The first-order valence-electron chi connectivity index (χ1n) is 10.4. The van der Waals surface area contributed by atoms with Crippen LogP contribution in [0.1, 0.15) is 28.4 Å². The second-order valence-electron chi connectivity index (χ2n) is 7.94. The molecule has 3 aromatic rings. The molecule has 32 heavy (non-hydrogen) atoms. The molecule has 0 aromatic heterocycles. The summed E-state index contributed by atoms with van der Waals surface area (Å²) in [5.41, 5.74) is 1.86. The Morgan fingerprint density at radius 3 is 2.38 bits per heavy atom. The summed E-state index contributed by atoms with van der Waals surface area (Å²) in [5.74, 6) is 0.949. The van der Waals surface area contributed by atoms with Crippen LogP contribution in [0.3, 0.4) is 0 Å². The fraction of sp³-hybridized carbons (Fsp3) is 0.231. The highest BCUT2D eigenvalue weighted by molar-refractivity contribution is 6.14. The molecule has 1 N–H and O–H groups in total. The van der Waals surface area contributed by atoms with E-state index >= 15 is 0 Å². The van der Waals surface area contributed by atoms with Crippen LogP contribution in [0.4, 0.5) is 5.69 Å². The molecule has 0 aliphatic carbocycles. The maximum atomic E-state index is 13.6. The number of methoxy groups -OCH3 is 2. The topological polar surface area (TPSA) is 67.9 Å². The number of hydrogen-bond acceptors (Lipinski definition) is 4. The first-order valence-corrected chi connectivity index (χ1v) is 10.4. The number of amides is 2. The molecule has 0 fully saturated rings. The molecule has 0 saturated carbocycles. The van der Waals surface area contributed by atoms with Crippen LogP contribution in [0.15, 0.2) is 72.8 Å². The zero-order valence-electron chi connectivity index (χ0n) is 18.4. The second kappa shape index (κ2) is 8.75. The maximum Gasteiger partial charge on any atom is 0.259 e. The van der Waals surface area contributed by atoms with Crippen LogP contribution in [0.5, 0.6) is 11.5 Å². The summed E-state index contributed by atoms with van der Waals surface area (Å²) < 4.78 is 10.7. The van der Waals surface area contributed by atoms with Crippen molar-refractivity contribution in [2.45, 2.75) is 25.4 Å². The summed E-state index contributed by atoms with van der Waals surface area (Å²) in [6.45, 7) is 2.10. The van der Waals surface area contributed by atoms with Crippen molar-refractivity contribution in [3.63, 3.8) is 0 Å². The van der Waals surface area contributed by atoms with Gasteiger partial charge in [-0.3, -0.25) is 14.5 Å². The van der Waals surface area contributed by atoms with Crippen molar-refractivity contribution in [1.29, 1.82) is 0 Å². The van der Waals surface area contributed by atoms with Gasteiger partial charge >= 0.3 is 0 Å². The molecule has 1 heterocycles. The van der Waals surface area contributed by atoms with E-state index in [1.807, 2.05) is 49.4 Å². The summed E-state index contributed by atoms with van der Waals surface area (Å²) in [6.07, 6.45) is 0.401. The Bertz CT molecular complexity index is 1140. The highest BCUT2D eigenvalue weighted by atomic mass is 16.5. The molecule has 4 rings (SSSR count). The molecule has 0 unspecified atom stereocenters. The lowest BCUT2D eigenvalue weighted by Crippen LogP contribution is -2.63. The van der Waals surface area contributed by atoms with E-state index in [9.17, 15) is 9.59 Å². The summed E-state index contributed by atoms with van der Waals surface area (Å²) in [5, 5.41) is 3.02. The van der Waals surface area contributed by atoms with E-state index in [1.54, 1.807) is 49.5 Å². The predicted octanol–water partition coefficient (Wildman–Crippen LogP) is 3.98. The molecular weight excluding hydrogens is 404 g/mol. The number of benzene rings is 3. The van der Waals surface area contributed by atoms with Crippen LogP contribution in [-0.4, -0.2) is 31.6 Å². The Labute approximate surface area is 187 Å². The molecule has 2 amide bonds. The first kappa shape index (κ1) is 21.4. The molecule has 3 aromatic carbocycles. The lowest BCUT2D eigenvalue weighted by molar-refractivity contribution is -0.126. The molecule has 6 heteroatoms. The Kier molecular flexibility index (Phi) is 5.86. The van der Waals surface area contributed by atoms with Gasteiger partial charge in [-0.25, -0.2) is 0 Å². The van der Waals surface area contributed by atoms with Crippen molar-refractivity contribution in [1.82, 2.24) is 5.32 Å². The largest absolute Gasteiger partial charge is 0.497 e. The van der Waals surface area contributed by atoms with Crippen LogP contribution >= 0.6 is 0 Å². The fourth-order valence-corrected chi connectivity index (χ4v) is 4.21. The van der Waals surface area contributed by atoms with E-state index in [2.05, 4.69) is 5.32 Å². The standard InChI is InChI=1S/C26H26N2O4/c1-26(25(30)27-17-19-9-5-7-11-23(19)32-3)16-18-8-4-6-10-22(18)24(29)28(26)20-12-14-21(31-2)15-13-20/h4-15H,16-17H2,1-3H3,(H,27,30)/t26-/m1/s1. The van der Waals surface area contributed by atoms with Gasteiger partial charge in [-0.15, -0.1) is 0 Å². The normalized spacial score (nSPS) is 17.5. The van der Waals surface area contributed by atoms with E-state index in [0.29, 0.717) is 35.7 Å². The van der Waals surface area contributed by atoms with Crippen molar-refractivity contribution < 1.29 is 19.1 Å². The first-order chi connectivity index (χ1) is 15.5. The van der Waals surface area contributed by atoms with E-state index in [0.717, 1.165) is 11.1 Å². The van der Waals surface area contributed by atoms with Crippen molar-refractivity contribution >= 4 is 17.5 Å². The van der Waals surface area contributed by atoms with Crippen molar-refractivity contribution in [2.24, 2.45) is 0 Å². The Balaban J connectivity index is 1.70. The number of carbonyl (C=O) groups excluding carboxylic acids is 2. The molecule has 0 bridgehead atoms. The van der Waals surface area contributed by atoms with Gasteiger partial charge in [0.1, 0.15) is 17.0 Å². The van der Waals surface area contributed by atoms with Gasteiger partial charge in [-0.05, 0) is 48.9 Å². The Morgan fingerprint density at radius 1 is 0.969 bits per heavy atom. The molecule has 164 valence electrons. The van der Waals surface area contributed by atoms with Gasteiger partial charge in [-0.2, -0.15) is 0 Å². The summed E-state index contributed by atoms with van der Waals surface area (Å²) in [7, 11) is 3.19. The monoisotopic (exact) mass is 430 g/mol. The zero-order valence-corrected chi connectivity index (χ0v) is 18.4. The number of rotatable bonds is 6. The second-order valence-corrected chi connectivity index (χ2v) is 7.94. The number of fused-ring (bicyclic) bond motifs is 1. The third kappa shape index (κ3) is 3.80. The summed E-state index contributed by atoms with van der Waals surface area (Å²) in [6, 6.07) is 22.2. The average molecular weight is 431 g/mol. The number of anilines is 1. The van der Waals surface area contributed by atoms with Crippen LogP contribution in [0.2, 0.25) is 0 Å². The minimum Gasteiger partial charge on any atom is -0.497 e. The molecule has 0 radical (unpaired) electrons. The number of nitrogens with zero attached hydrogens (tertiary/aromatic N) is 1. The molecule has 1 aliphatic rings. The van der Waals surface area contributed by atoms with Crippen LogP contribution < -0.4 is 19.7 Å². The van der Waals surface area contributed by atoms with E-state index in [4.69, 9.17) is 9.47 Å². The number of ether oxygens (including phenoxy) is 2. The molecule has 0 saturated heterocycles. The van der Waals surface area contributed by atoms with E-state index < -0.39 is 5.54 Å².